The summed E-state index contributed by atoms with van der Waals surface area (Å²) in [5.74, 6) is 0.699. The monoisotopic (exact) mass is 421 g/mol. The van der Waals surface area contributed by atoms with Crippen LogP contribution in [0.5, 0.6) is 0 Å². The van der Waals surface area contributed by atoms with Crippen molar-refractivity contribution in [2.75, 3.05) is 44.2 Å². The number of likely N-dealkylation sites (tertiary alicyclic amines) is 1. The molecule has 1 saturated carbocycles. The molecule has 1 aromatic heterocycles. The lowest BCUT2D eigenvalue weighted by Crippen LogP contribution is -2.50. The van der Waals surface area contributed by atoms with Crippen LogP contribution in [-0.2, 0) is 11.3 Å². The maximum Gasteiger partial charge on any atom is 0.226 e. The molecule has 3 heterocycles. The second-order valence-corrected chi connectivity index (χ2v) is 9.71. The fraction of sp³-hybridized carbons (Fsp3) is 0.600. The van der Waals surface area contributed by atoms with E-state index in [0.29, 0.717) is 17.4 Å². The number of nitrogens with zero attached hydrogens (tertiary/aromatic N) is 5. The molecule has 2 atom stereocenters. The molecular formula is C25H35N5O. The Kier molecular flexibility index (Phi) is 5.74. The van der Waals surface area contributed by atoms with E-state index in [0.717, 1.165) is 58.7 Å². The van der Waals surface area contributed by atoms with E-state index < -0.39 is 0 Å². The van der Waals surface area contributed by atoms with Crippen LogP contribution in [0.2, 0.25) is 0 Å². The quantitative estimate of drug-likeness (QED) is 0.719. The van der Waals surface area contributed by atoms with Crippen molar-refractivity contribution >= 4 is 11.6 Å². The van der Waals surface area contributed by atoms with Crippen LogP contribution in [0, 0.1) is 11.3 Å². The molecule has 31 heavy (non-hydrogen) atoms. The summed E-state index contributed by atoms with van der Waals surface area (Å²) in [5.41, 5.74) is 1.57. The Hall–Kier alpha value is -2.34. The lowest BCUT2D eigenvalue weighted by Gasteiger charge is -2.38. The predicted octanol–water partition coefficient (Wildman–Crippen LogP) is 3.11. The fourth-order valence-electron chi connectivity index (χ4n) is 5.64. The Labute approximate surface area is 185 Å². The molecule has 2 aromatic rings. The van der Waals surface area contributed by atoms with Gasteiger partial charge in [0, 0.05) is 62.8 Å². The molecule has 0 N–H and O–H groups in total. The average molecular weight is 422 g/mol. The van der Waals surface area contributed by atoms with Crippen molar-refractivity contribution < 1.29 is 4.79 Å². The van der Waals surface area contributed by atoms with Gasteiger partial charge in [-0.25, -0.2) is 0 Å². The molecule has 1 amide bonds. The normalized spacial score (nSPS) is 24.4. The number of carbonyl (C=O) groups excluding carboxylic acids is 1. The van der Waals surface area contributed by atoms with Gasteiger partial charge in [0.2, 0.25) is 5.91 Å². The smallest absolute Gasteiger partial charge is 0.226 e. The van der Waals surface area contributed by atoms with E-state index in [1.54, 1.807) is 0 Å². The second-order valence-electron chi connectivity index (χ2n) is 9.71. The molecule has 3 fully saturated rings. The number of carbonyl (C=O) groups is 1. The Morgan fingerprint density at radius 1 is 1.06 bits per heavy atom. The van der Waals surface area contributed by atoms with Crippen molar-refractivity contribution in [1.82, 2.24) is 19.6 Å². The maximum absolute atomic E-state index is 13.2. The summed E-state index contributed by atoms with van der Waals surface area (Å²) in [7, 11) is 0. The molecule has 2 aliphatic heterocycles. The Bertz CT molecular complexity index is 851. The van der Waals surface area contributed by atoms with Crippen LogP contribution in [0.1, 0.15) is 32.6 Å². The Morgan fingerprint density at radius 2 is 1.81 bits per heavy atom. The first-order chi connectivity index (χ1) is 15.1. The molecule has 6 nitrogen and oxygen atoms in total. The lowest BCUT2D eigenvalue weighted by molar-refractivity contribution is -0.134. The van der Waals surface area contributed by atoms with Gasteiger partial charge in [-0.1, -0.05) is 18.2 Å². The average Bonchev–Trinajstić information content (AvgIpc) is 3.25. The van der Waals surface area contributed by atoms with E-state index in [2.05, 4.69) is 57.1 Å². The van der Waals surface area contributed by atoms with Crippen molar-refractivity contribution in [3.8, 4) is 0 Å². The molecule has 5 rings (SSSR count). The maximum atomic E-state index is 13.2. The summed E-state index contributed by atoms with van der Waals surface area (Å²) in [6.07, 6.45) is 8.49. The minimum absolute atomic E-state index is 0.275. The third-order valence-electron chi connectivity index (χ3n) is 7.95. The summed E-state index contributed by atoms with van der Waals surface area (Å²) in [6, 6.07) is 13.1. The van der Waals surface area contributed by atoms with E-state index in [9.17, 15) is 4.79 Å². The van der Waals surface area contributed by atoms with Crippen molar-refractivity contribution in [3.63, 3.8) is 0 Å². The minimum atomic E-state index is 0.275. The number of amides is 1. The van der Waals surface area contributed by atoms with Gasteiger partial charge >= 0.3 is 0 Å². The highest BCUT2D eigenvalue weighted by Gasteiger charge is 2.59. The Balaban J connectivity index is 1.07. The molecule has 6 heteroatoms. The van der Waals surface area contributed by atoms with Crippen LogP contribution in [0.25, 0.3) is 0 Å². The number of aromatic nitrogens is 2. The molecule has 1 aliphatic carbocycles. The van der Waals surface area contributed by atoms with Gasteiger partial charge in [0.25, 0.3) is 0 Å². The zero-order chi connectivity index (χ0) is 21.3. The first-order valence-corrected chi connectivity index (χ1v) is 11.9. The number of hydrogen-bond acceptors (Lipinski definition) is 4. The van der Waals surface area contributed by atoms with Crippen LogP contribution in [0.15, 0.2) is 48.8 Å². The van der Waals surface area contributed by atoms with E-state index >= 15 is 0 Å². The van der Waals surface area contributed by atoms with Crippen LogP contribution in [0.4, 0.5) is 5.69 Å². The predicted molar refractivity (Wildman–Crippen MR) is 123 cm³/mol. The molecule has 0 radical (unpaired) electrons. The topological polar surface area (TPSA) is 44.6 Å². The molecule has 2 saturated heterocycles. The molecule has 1 aromatic carbocycles. The summed E-state index contributed by atoms with van der Waals surface area (Å²) in [4.78, 5) is 20.4. The van der Waals surface area contributed by atoms with Gasteiger partial charge in [-0.05, 0) is 69.3 Å². The first kappa shape index (κ1) is 20.6. The molecule has 166 valence electrons. The molecule has 3 aliphatic rings. The van der Waals surface area contributed by atoms with Crippen molar-refractivity contribution in [1.29, 1.82) is 0 Å². The molecule has 0 bridgehead atoms. The van der Waals surface area contributed by atoms with Gasteiger partial charge < -0.3 is 14.7 Å². The summed E-state index contributed by atoms with van der Waals surface area (Å²) in [5, 5.41) is 4.31. The van der Waals surface area contributed by atoms with Gasteiger partial charge in [0.15, 0.2) is 0 Å². The number of rotatable bonds is 6. The SMILES string of the molecule is CC(CCn1cccn1)N1CCC2(CC1)CC2C(=O)N1CCN(c2ccccc2)CC1. The summed E-state index contributed by atoms with van der Waals surface area (Å²) >= 11 is 0. The Morgan fingerprint density at radius 3 is 2.48 bits per heavy atom. The third kappa shape index (κ3) is 4.36. The number of benzene rings is 1. The highest BCUT2D eigenvalue weighted by Crippen LogP contribution is 2.60. The number of piperidine rings is 1. The highest BCUT2D eigenvalue weighted by atomic mass is 16.2. The second kappa shape index (κ2) is 8.65. The van der Waals surface area contributed by atoms with E-state index in [1.807, 2.05) is 23.1 Å². The zero-order valence-corrected chi connectivity index (χ0v) is 18.7. The van der Waals surface area contributed by atoms with Crippen LogP contribution >= 0.6 is 0 Å². The number of hydrogen-bond donors (Lipinski definition) is 0. The number of para-hydroxylation sites is 1. The standard InChI is InChI=1S/C25H35N5O/c1-21(8-13-30-12-5-11-26-30)27-14-9-25(10-15-27)20-23(25)24(31)29-18-16-28(17-19-29)22-6-3-2-4-7-22/h2-7,11-12,21,23H,8-10,13-20H2,1H3. The number of piperazine rings is 1. The summed E-state index contributed by atoms with van der Waals surface area (Å²) < 4.78 is 2.02. The zero-order valence-electron chi connectivity index (χ0n) is 18.7. The number of aryl methyl sites for hydroxylation is 1. The van der Waals surface area contributed by atoms with Gasteiger partial charge in [0.05, 0.1) is 0 Å². The van der Waals surface area contributed by atoms with Crippen LogP contribution in [0.3, 0.4) is 0 Å². The highest BCUT2D eigenvalue weighted by molar-refractivity contribution is 5.83. The van der Waals surface area contributed by atoms with E-state index in [1.165, 1.54) is 18.5 Å². The van der Waals surface area contributed by atoms with Gasteiger partial charge in [-0.2, -0.15) is 5.10 Å². The molecular weight excluding hydrogens is 386 g/mol. The van der Waals surface area contributed by atoms with Crippen LogP contribution < -0.4 is 4.90 Å². The van der Waals surface area contributed by atoms with Gasteiger partial charge in [-0.3, -0.25) is 9.48 Å². The largest absolute Gasteiger partial charge is 0.368 e. The third-order valence-corrected chi connectivity index (χ3v) is 7.95. The minimum Gasteiger partial charge on any atom is -0.368 e. The fourth-order valence-corrected chi connectivity index (χ4v) is 5.64. The van der Waals surface area contributed by atoms with Crippen LogP contribution in [-0.4, -0.2) is 70.8 Å². The molecule has 2 unspecified atom stereocenters. The lowest BCUT2D eigenvalue weighted by atomic mass is 9.89. The van der Waals surface area contributed by atoms with Gasteiger partial charge in [-0.15, -0.1) is 0 Å². The van der Waals surface area contributed by atoms with E-state index in [4.69, 9.17) is 0 Å². The van der Waals surface area contributed by atoms with Crippen molar-refractivity contribution in [2.45, 2.75) is 45.2 Å². The van der Waals surface area contributed by atoms with Crippen molar-refractivity contribution in [2.24, 2.45) is 11.3 Å². The van der Waals surface area contributed by atoms with E-state index in [-0.39, 0.29) is 5.92 Å². The molecule has 1 spiro atoms. The van der Waals surface area contributed by atoms with Crippen molar-refractivity contribution in [3.05, 3.63) is 48.8 Å². The number of anilines is 1. The summed E-state index contributed by atoms with van der Waals surface area (Å²) in [6.45, 7) is 9.18. The van der Waals surface area contributed by atoms with Gasteiger partial charge in [0.1, 0.15) is 0 Å². The first-order valence-electron chi connectivity index (χ1n) is 11.9.